The van der Waals surface area contributed by atoms with E-state index in [4.69, 9.17) is 24.5 Å². The zero-order valence-electron chi connectivity index (χ0n) is 20.9. The number of anilines is 1. The topological polar surface area (TPSA) is 129 Å². The third kappa shape index (κ3) is 5.91. The second kappa shape index (κ2) is 10.3. The van der Waals surface area contributed by atoms with E-state index in [1.165, 1.54) is 5.56 Å². The molecule has 3 aromatic rings. The van der Waals surface area contributed by atoms with Crippen molar-refractivity contribution < 1.29 is 23.2 Å². The monoisotopic (exact) mass is 522 g/mol. The van der Waals surface area contributed by atoms with Gasteiger partial charge in [0, 0.05) is 24.2 Å². The zero-order chi connectivity index (χ0) is 26.0. The molecule has 9 nitrogen and oxygen atoms in total. The number of benzene rings is 1. The fourth-order valence-corrected chi connectivity index (χ4v) is 5.81. The molecule has 1 unspecified atom stereocenters. The molecule has 1 atom stereocenters. The Morgan fingerprint density at radius 3 is 2.46 bits per heavy atom. The van der Waals surface area contributed by atoms with E-state index in [1.807, 2.05) is 13.8 Å². The first-order valence-corrected chi connectivity index (χ1v) is 13.9. The number of nitrogens with two attached hydrogens (primary N) is 1. The second-order valence-electron chi connectivity index (χ2n) is 9.93. The average Bonchev–Trinajstić information content (AvgIpc) is 2.88. The summed E-state index contributed by atoms with van der Waals surface area (Å²) >= 11 is 0. The minimum Gasteiger partial charge on any atom is -0.463 e. The molecule has 194 valence electrons. The molecular formula is C27H31N4O5P. The number of aromatic nitrogens is 2. The quantitative estimate of drug-likeness (QED) is 0.378. The molecule has 1 saturated carbocycles. The molecule has 2 aromatic heterocycles. The lowest BCUT2D eigenvalue weighted by Crippen LogP contribution is -2.41. The lowest BCUT2D eigenvalue weighted by Gasteiger charge is -2.32. The highest BCUT2D eigenvalue weighted by molar-refractivity contribution is 7.47. The van der Waals surface area contributed by atoms with Crippen LogP contribution in [0.1, 0.15) is 62.1 Å². The number of nitrogens with zero attached hydrogens (tertiary/aromatic N) is 3. The smallest absolute Gasteiger partial charge is 0.463 e. The lowest BCUT2D eigenvalue weighted by atomic mass is 9.82. The first-order chi connectivity index (χ1) is 17.7. The van der Waals surface area contributed by atoms with Crippen molar-refractivity contribution in [1.29, 1.82) is 0 Å². The Kier molecular flexibility index (Phi) is 7.14. The molecule has 1 aromatic carbocycles. The van der Waals surface area contributed by atoms with Crippen LogP contribution in [0.2, 0.25) is 0 Å². The highest BCUT2D eigenvalue weighted by Gasteiger charge is 2.35. The fraction of sp³-hybridized carbons (Fsp3) is 0.370. The van der Waals surface area contributed by atoms with Crippen LogP contribution >= 0.6 is 7.82 Å². The molecule has 3 N–H and O–H groups in total. The summed E-state index contributed by atoms with van der Waals surface area (Å²) in [5.74, 6) is 0.794. The van der Waals surface area contributed by atoms with E-state index in [0.29, 0.717) is 36.0 Å². The summed E-state index contributed by atoms with van der Waals surface area (Å²) in [6.07, 6.45) is 7.63. The molecule has 2 aliphatic rings. The maximum atomic E-state index is 12.4. The normalized spacial score (nSPS) is 22.3. The Hall–Kier alpha value is -3.10. The van der Waals surface area contributed by atoms with Gasteiger partial charge in [-0.25, -0.2) is 14.5 Å². The summed E-state index contributed by atoms with van der Waals surface area (Å²) in [4.78, 5) is 23.2. The van der Waals surface area contributed by atoms with Gasteiger partial charge in [0.2, 0.25) is 5.88 Å². The van der Waals surface area contributed by atoms with E-state index < -0.39 is 13.4 Å². The Labute approximate surface area is 216 Å². The molecule has 0 amide bonds. The predicted octanol–water partition coefficient (Wildman–Crippen LogP) is 5.71. The van der Waals surface area contributed by atoms with Gasteiger partial charge < -0.3 is 15.4 Å². The van der Waals surface area contributed by atoms with Crippen molar-refractivity contribution in [3.63, 3.8) is 0 Å². The number of hydrogen-bond acceptors (Lipinski definition) is 8. The lowest BCUT2D eigenvalue weighted by molar-refractivity contribution is 0.0755. The fourth-order valence-electron chi connectivity index (χ4n) is 4.85. The standard InChI is InChI=1S/C27H31N4O5P/c1-27(2)25(31-24-23(28)13-16-30-26(24)35-27)21-5-3-19(4-6-21)20-7-9-22(10-8-20)36-37(32,33)34-17-18-11-14-29-15-12-18/h3-6,11-16,20,22H,7-10,17H2,1-2H3,(H2,28,30)(H,32,33)/t20-,22-. The van der Waals surface area contributed by atoms with Crippen LogP contribution in [0.25, 0.3) is 0 Å². The summed E-state index contributed by atoms with van der Waals surface area (Å²) in [6.45, 7) is 3.94. The van der Waals surface area contributed by atoms with Gasteiger partial charge in [0.05, 0.1) is 24.1 Å². The van der Waals surface area contributed by atoms with Crippen molar-refractivity contribution in [3.8, 4) is 5.88 Å². The van der Waals surface area contributed by atoms with Crippen LogP contribution in [0.15, 0.2) is 66.0 Å². The van der Waals surface area contributed by atoms with Gasteiger partial charge in [0.15, 0.2) is 0 Å². The molecule has 1 aliphatic carbocycles. The highest BCUT2D eigenvalue weighted by Crippen LogP contribution is 2.48. The summed E-state index contributed by atoms with van der Waals surface area (Å²) < 4.78 is 29.2. The van der Waals surface area contributed by atoms with Gasteiger partial charge >= 0.3 is 7.82 Å². The number of fused-ring (bicyclic) bond motifs is 1. The van der Waals surface area contributed by atoms with Crippen LogP contribution in [0.5, 0.6) is 5.88 Å². The molecule has 3 heterocycles. The Bertz CT molecular complexity index is 1320. The van der Waals surface area contributed by atoms with Crippen molar-refractivity contribution in [2.45, 2.75) is 63.8 Å². The summed E-state index contributed by atoms with van der Waals surface area (Å²) in [5, 5.41) is 0. The molecule has 5 rings (SSSR count). The average molecular weight is 523 g/mol. The molecular weight excluding hydrogens is 491 g/mol. The molecule has 37 heavy (non-hydrogen) atoms. The van der Waals surface area contributed by atoms with E-state index >= 15 is 0 Å². The van der Waals surface area contributed by atoms with Crippen molar-refractivity contribution >= 4 is 24.9 Å². The first-order valence-electron chi connectivity index (χ1n) is 12.4. The van der Waals surface area contributed by atoms with Gasteiger partial charge in [-0.15, -0.1) is 0 Å². The van der Waals surface area contributed by atoms with Crippen LogP contribution in [0, 0.1) is 0 Å². The minimum atomic E-state index is -4.14. The third-order valence-electron chi connectivity index (χ3n) is 6.82. The van der Waals surface area contributed by atoms with E-state index in [-0.39, 0.29) is 12.7 Å². The van der Waals surface area contributed by atoms with Crippen LogP contribution in [-0.2, 0) is 20.2 Å². The number of nitrogen functional groups attached to an aromatic ring is 1. The molecule has 1 aliphatic heterocycles. The number of pyridine rings is 2. The van der Waals surface area contributed by atoms with Crippen molar-refractivity contribution in [2.24, 2.45) is 4.99 Å². The maximum absolute atomic E-state index is 12.4. The van der Waals surface area contributed by atoms with Gasteiger partial charge in [-0.2, -0.15) is 0 Å². The molecule has 1 fully saturated rings. The molecule has 0 saturated heterocycles. The minimum absolute atomic E-state index is 0.000180. The number of rotatable bonds is 7. The van der Waals surface area contributed by atoms with E-state index in [2.05, 4.69) is 34.2 Å². The van der Waals surface area contributed by atoms with Gasteiger partial charge in [-0.1, -0.05) is 24.3 Å². The largest absolute Gasteiger partial charge is 0.472 e. The van der Waals surface area contributed by atoms with E-state index in [9.17, 15) is 9.46 Å². The van der Waals surface area contributed by atoms with Crippen molar-refractivity contribution in [2.75, 3.05) is 5.73 Å². The van der Waals surface area contributed by atoms with Crippen molar-refractivity contribution in [1.82, 2.24) is 9.97 Å². The van der Waals surface area contributed by atoms with Crippen LogP contribution in [-0.4, -0.2) is 32.3 Å². The molecule has 0 spiro atoms. The SMILES string of the molecule is CC1(C)Oc2nccc(N)c2N=C1c1ccc([C@H]2CC[C@H](OP(=O)(O)OCc3ccncc3)CC2)cc1. The molecule has 0 bridgehead atoms. The van der Waals surface area contributed by atoms with E-state index in [1.54, 1.807) is 36.8 Å². The number of phosphoric acid groups is 1. The van der Waals surface area contributed by atoms with Gasteiger partial charge in [0.1, 0.15) is 11.3 Å². The van der Waals surface area contributed by atoms with Gasteiger partial charge in [-0.3, -0.25) is 14.0 Å². The zero-order valence-corrected chi connectivity index (χ0v) is 21.8. The highest BCUT2D eigenvalue weighted by atomic mass is 31.2. The summed E-state index contributed by atoms with van der Waals surface area (Å²) in [5.41, 5.74) is 10.3. The maximum Gasteiger partial charge on any atom is 0.472 e. The Balaban J connectivity index is 1.20. The summed E-state index contributed by atoms with van der Waals surface area (Å²) in [6, 6.07) is 13.6. The van der Waals surface area contributed by atoms with Gasteiger partial charge in [0.25, 0.3) is 0 Å². The van der Waals surface area contributed by atoms with Crippen LogP contribution in [0.3, 0.4) is 0 Å². The van der Waals surface area contributed by atoms with E-state index in [0.717, 1.165) is 29.7 Å². The number of aliphatic imine (C=N–C) groups is 1. The molecule has 0 radical (unpaired) electrons. The van der Waals surface area contributed by atoms with Gasteiger partial charge in [-0.05, 0) is 74.8 Å². The van der Waals surface area contributed by atoms with Crippen LogP contribution < -0.4 is 10.5 Å². The second-order valence-corrected chi connectivity index (χ2v) is 11.3. The number of phosphoric ester groups is 1. The first kappa shape index (κ1) is 25.5. The molecule has 10 heteroatoms. The van der Waals surface area contributed by atoms with Crippen molar-refractivity contribution in [3.05, 3.63) is 77.7 Å². The Morgan fingerprint density at radius 1 is 1.05 bits per heavy atom. The third-order valence-corrected chi connectivity index (χ3v) is 7.84. The predicted molar refractivity (Wildman–Crippen MR) is 141 cm³/mol. The summed E-state index contributed by atoms with van der Waals surface area (Å²) in [7, 11) is -4.14. The Morgan fingerprint density at radius 2 is 1.76 bits per heavy atom. The number of ether oxygens (including phenoxy) is 1. The van der Waals surface area contributed by atoms with Crippen LogP contribution in [0.4, 0.5) is 11.4 Å². The number of hydrogen-bond donors (Lipinski definition) is 2.